The second-order valence-corrected chi connectivity index (χ2v) is 4.72. The first kappa shape index (κ1) is 10.8. The highest BCUT2D eigenvalue weighted by atomic mass is 32.2. The summed E-state index contributed by atoms with van der Waals surface area (Å²) in [6.45, 7) is 0. The summed E-state index contributed by atoms with van der Waals surface area (Å²) >= 11 is 0. The van der Waals surface area contributed by atoms with Gasteiger partial charge < -0.3 is 9.57 Å². The average molecular weight is 217 g/mol. The van der Waals surface area contributed by atoms with Gasteiger partial charge in [0.25, 0.3) is 0 Å². The largest absolute Gasteiger partial charge is 0.493 e. The zero-order valence-corrected chi connectivity index (χ0v) is 8.67. The molecule has 0 saturated carbocycles. The van der Waals surface area contributed by atoms with Gasteiger partial charge in [0.05, 0.1) is 12.0 Å². The Morgan fingerprint density at radius 3 is 2.36 bits per heavy atom. The monoisotopic (exact) mass is 217 g/mol. The molecule has 1 aromatic carbocycles. The van der Waals surface area contributed by atoms with Crippen molar-refractivity contribution in [2.75, 3.05) is 13.4 Å². The summed E-state index contributed by atoms with van der Waals surface area (Å²) in [5.74, 6) is 5.54. The molecule has 0 unspecified atom stereocenters. The molecule has 5 nitrogen and oxygen atoms in total. The molecule has 78 valence electrons. The van der Waals surface area contributed by atoms with Crippen molar-refractivity contribution in [1.29, 1.82) is 0 Å². The van der Waals surface area contributed by atoms with E-state index in [0.29, 0.717) is 5.75 Å². The van der Waals surface area contributed by atoms with Crippen molar-refractivity contribution >= 4 is 9.84 Å². The van der Waals surface area contributed by atoms with Crippen LogP contribution in [0.2, 0.25) is 0 Å². The van der Waals surface area contributed by atoms with Crippen LogP contribution < -0.4 is 15.5 Å². The third-order valence-electron chi connectivity index (χ3n) is 1.69. The number of methoxy groups -OCH3 is 1. The molecule has 6 heteroatoms. The van der Waals surface area contributed by atoms with Crippen molar-refractivity contribution in [3.05, 3.63) is 18.2 Å². The van der Waals surface area contributed by atoms with Crippen LogP contribution in [0.3, 0.4) is 0 Å². The lowest BCUT2D eigenvalue weighted by atomic mass is 10.3. The summed E-state index contributed by atoms with van der Waals surface area (Å²) in [5, 5.41) is 0. The Balaban J connectivity index is 3.28. The third kappa shape index (κ3) is 2.15. The summed E-state index contributed by atoms with van der Waals surface area (Å²) in [6.07, 6.45) is 1.11. The first-order valence-electron chi connectivity index (χ1n) is 3.74. The molecule has 0 aromatic heterocycles. The van der Waals surface area contributed by atoms with Crippen LogP contribution in [0.5, 0.6) is 11.5 Å². The van der Waals surface area contributed by atoms with E-state index in [1.807, 2.05) is 0 Å². The number of nitrogens with two attached hydrogens (primary N) is 1. The minimum Gasteiger partial charge on any atom is -0.493 e. The van der Waals surface area contributed by atoms with E-state index in [1.165, 1.54) is 25.3 Å². The Hall–Kier alpha value is -1.27. The van der Waals surface area contributed by atoms with E-state index in [9.17, 15) is 8.42 Å². The van der Waals surface area contributed by atoms with Crippen LogP contribution in [0.1, 0.15) is 0 Å². The molecule has 0 saturated heterocycles. The molecule has 0 aliphatic heterocycles. The fraction of sp³-hybridized carbons (Fsp3) is 0.250. The first-order valence-corrected chi connectivity index (χ1v) is 5.63. The van der Waals surface area contributed by atoms with E-state index in [0.717, 1.165) is 6.26 Å². The van der Waals surface area contributed by atoms with Crippen molar-refractivity contribution in [3.8, 4) is 11.5 Å². The van der Waals surface area contributed by atoms with Gasteiger partial charge in [-0.05, 0) is 12.1 Å². The molecule has 2 N–H and O–H groups in total. The molecule has 0 radical (unpaired) electrons. The van der Waals surface area contributed by atoms with Gasteiger partial charge in [-0.15, -0.1) is 0 Å². The molecule has 0 heterocycles. The molecular weight excluding hydrogens is 206 g/mol. The predicted molar refractivity (Wildman–Crippen MR) is 50.9 cm³/mol. The molecule has 0 spiro atoms. The maximum Gasteiger partial charge on any atom is 0.189 e. The Kier molecular flexibility index (Phi) is 2.97. The molecule has 1 aromatic rings. The molecule has 0 bridgehead atoms. The maximum atomic E-state index is 11.2. The number of hydrogen-bond donors (Lipinski definition) is 1. The fourth-order valence-corrected chi connectivity index (χ4v) is 1.62. The van der Waals surface area contributed by atoms with Crippen molar-refractivity contribution in [1.82, 2.24) is 0 Å². The topological polar surface area (TPSA) is 78.6 Å². The lowest BCUT2D eigenvalue weighted by molar-refractivity contribution is 0.305. The van der Waals surface area contributed by atoms with Gasteiger partial charge in [0.2, 0.25) is 0 Å². The second kappa shape index (κ2) is 3.85. The van der Waals surface area contributed by atoms with E-state index < -0.39 is 9.84 Å². The van der Waals surface area contributed by atoms with Crippen molar-refractivity contribution < 1.29 is 18.0 Å². The normalized spacial score (nSPS) is 11.1. The summed E-state index contributed by atoms with van der Waals surface area (Å²) < 4.78 is 27.2. The minimum atomic E-state index is -3.25. The SMILES string of the molecule is COc1ccc(S(C)(=O)=O)cc1ON. The standard InChI is InChI=1S/C8H11NO4S/c1-12-7-4-3-6(14(2,10)11)5-8(7)13-9/h3-5H,9H2,1-2H3. The van der Waals surface area contributed by atoms with E-state index in [1.54, 1.807) is 0 Å². The van der Waals surface area contributed by atoms with Gasteiger partial charge in [-0.3, -0.25) is 0 Å². The van der Waals surface area contributed by atoms with Crippen molar-refractivity contribution in [3.63, 3.8) is 0 Å². The number of sulfone groups is 1. The van der Waals surface area contributed by atoms with Crippen LogP contribution in [0.15, 0.2) is 23.1 Å². The van der Waals surface area contributed by atoms with Crippen molar-refractivity contribution in [2.24, 2.45) is 5.90 Å². The lowest BCUT2D eigenvalue weighted by Gasteiger charge is -2.07. The quantitative estimate of drug-likeness (QED) is 0.739. The van der Waals surface area contributed by atoms with E-state index in [2.05, 4.69) is 4.84 Å². The average Bonchev–Trinajstić information content (AvgIpc) is 2.15. The van der Waals surface area contributed by atoms with Crippen LogP contribution >= 0.6 is 0 Å². The van der Waals surface area contributed by atoms with Crippen LogP contribution in [-0.4, -0.2) is 21.8 Å². The number of benzene rings is 1. The van der Waals surface area contributed by atoms with Gasteiger partial charge in [0, 0.05) is 12.3 Å². The smallest absolute Gasteiger partial charge is 0.189 e. The van der Waals surface area contributed by atoms with Gasteiger partial charge in [-0.25, -0.2) is 8.42 Å². The van der Waals surface area contributed by atoms with Crippen LogP contribution in [0, 0.1) is 0 Å². The summed E-state index contributed by atoms with van der Waals surface area (Å²) in [7, 11) is -1.81. The van der Waals surface area contributed by atoms with Gasteiger partial charge >= 0.3 is 0 Å². The molecule has 0 aliphatic carbocycles. The summed E-state index contributed by atoms with van der Waals surface area (Å²) in [4.78, 5) is 4.62. The molecule has 0 atom stereocenters. The highest BCUT2D eigenvalue weighted by Gasteiger charge is 2.11. The zero-order valence-electron chi connectivity index (χ0n) is 7.85. The van der Waals surface area contributed by atoms with Crippen LogP contribution in [0.25, 0.3) is 0 Å². The Labute approximate surface area is 82.3 Å². The van der Waals surface area contributed by atoms with Gasteiger partial charge in [0.1, 0.15) is 0 Å². The summed E-state index contributed by atoms with van der Waals surface area (Å²) in [6, 6.07) is 4.23. The molecule has 14 heavy (non-hydrogen) atoms. The summed E-state index contributed by atoms with van der Waals surface area (Å²) in [5.41, 5.74) is 0. The lowest BCUT2D eigenvalue weighted by Crippen LogP contribution is -2.05. The minimum absolute atomic E-state index is 0.138. The number of rotatable bonds is 3. The van der Waals surface area contributed by atoms with Gasteiger partial charge in [-0.1, -0.05) is 0 Å². The Bertz CT molecular complexity index is 427. The van der Waals surface area contributed by atoms with Crippen molar-refractivity contribution in [2.45, 2.75) is 4.90 Å². The van der Waals surface area contributed by atoms with Gasteiger partial charge in [0.15, 0.2) is 21.3 Å². The predicted octanol–water partition coefficient (Wildman–Crippen LogP) is 0.351. The molecule has 1 rings (SSSR count). The molecule has 0 fully saturated rings. The maximum absolute atomic E-state index is 11.2. The first-order chi connectivity index (χ1) is 6.49. The third-order valence-corrected chi connectivity index (χ3v) is 2.80. The highest BCUT2D eigenvalue weighted by Crippen LogP contribution is 2.28. The van der Waals surface area contributed by atoms with E-state index in [4.69, 9.17) is 10.6 Å². The molecule has 0 aliphatic rings. The molecular formula is C8H11NO4S. The Morgan fingerprint density at radius 2 is 1.93 bits per heavy atom. The van der Waals surface area contributed by atoms with Crippen LogP contribution in [-0.2, 0) is 9.84 Å². The Morgan fingerprint density at radius 1 is 1.29 bits per heavy atom. The number of hydrogen-bond acceptors (Lipinski definition) is 5. The second-order valence-electron chi connectivity index (χ2n) is 2.70. The van der Waals surface area contributed by atoms with E-state index in [-0.39, 0.29) is 10.6 Å². The van der Waals surface area contributed by atoms with E-state index >= 15 is 0 Å². The molecule has 0 amide bonds. The van der Waals surface area contributed by atoms with Gasteiger partial charge in [-0.2, -0.15) is 5.90 Å². The van der Waals surface area contributed by atoms with Crippen LogP contribution in [0.4, 0.5) is 0 Å². The highest BCUT2D eigenvalue weighted by molar-refractivity contribution is 7.90. The number of ether oxygens (including phenoxy) is 1. The fourth-order valence-electron chi connectivity index (χ4n) is 0.980. The zero-order chi connectivity index (χ0) is 10.8.